The number of hydrogen-bond acceptors (Lipinski definition) is 5. The van der Waals surface area contributed by atoms with E-state index in [4.69, 9.17) is 0 Å². The first-order chi connectivity index (χ1) is 11.5. The number of benzene rings is 1. The Morgan fingerprint density at radius 2 is 2.08 bits per heavy atom. The van der Waals surface area contributed by atoms with Crippen molar-refractivity contribution in [2.75, 3.05) is 6.54 Å². The van der Waals surface area contributed by atoms with Gasteiger partial charge in [0.1, 0.15) is 5.01 Å². The van der Waals surface area contributed by atoms with Gasteiger partial charge in [-0.2, -0.15) is 0 Å². The lowest BCUT2D eigenvalue weighted by atomic mass is 10.1. The van der Waals surface area contributed by atoms with E-state index in [0.29, 0.717) is 13.0 Å². The van der Waals surface area contributed by atoms with Crippen LogP contribution in [0.25, 0.3) is 0 Å². The highest BCUT2D eigenvalue weighted by Crippen LogP contribution is 2.20. The molecule has 2 N–H and O–H groups in total. The maximum absolute atomic E-state index is 12.0. The molecule has 0 radical (unpaired) electrons. The smallest absolute Gasteiger partial charge is 0.315 e. The zero-order valence-electron chi connectivity index (χ0n) is 13.6. The predicted octanol–water partition coefficient (Wildman–Crippen LogP) is 3.35. The van der Waals surface area contributed by atoms with Crippen LogP contribution in [-0.2, 0) is 6.42 Å². The molecule has 1 atom stereocenters. The first kappa shape index (κ1) is 17.9. The fraction of sp³-hybridized carbons (Fsp3) is 0.375. The Kier molecular flexibility index (Phi) is 6.25. The van der Waals surface area contributed by atoms with Crippen LogP contribution in [0.4, 0.5) is 10.5 Å². The number of urea groups is 1. The third kappa shape index (κ3) is 5.02. The van der Waals surface area contributed by atoms with Gasteiger partial charge in [-0.05, 0) is 25.3 Å². The first-order valence-corrected chi connectivity index (χ1v) is 8.57. The summed E-state index contributed by atoms with van der Waals surface area (Å²) in [6, 6.07) is 6.00. The molecule has 0 bridgehead atoms. The summed E-state index contributed by atoms with van der Waals surface area (Å²) in [4.78, 5) is 26.6. The molecule has 0 fully saturated rings. The molecule has 0 saturated carbocycles. The average molecular weight is 348 g/mol. The summed E-state index contributed by atoms with van der Waals surface area (Å²) in [6.45, 7) is 4.38. The van der Waals surface area contributed by atoms with E-state index in [-0.39, 0.29) is 17.8 Å². The molecule has 0 unspecified atom stereocenters. The van der Waals surface area contributed by atoms with Crippen molar-refractivity contribution < 1.29 is 9.72 Å². The van der Waals surface area contributed by atoms with Crippen LogP contribution < -0.4 is 10.6 Å². The van der Waals surface area contributed by atoms with E-state index in [0.717, 1.165) is 22.7 Å². The van der Waals surface area contributed by atoms with Crippen molar-refractivity contribution >= 4 is 23.1 Å². The van der Waals surface area contributed by atoms with Gasteiger partial charge in [-0.3, -0.25) is 10.1 Å². The van der Waals surface area contributed by atoms with Gasteiger partial charge < -0.3 is 10.6 Å². The van der Waals surface area contributed by atoms with Crippen LogP contribution in [-0.4, -0.2) is 22.5 Å². The second-order valence-corrected chi connectivity index (χ2v) is 6.25. The number of nitro groups is 1. The molecule has 0 saturated heterocycles. The third-order valence-corrected chi connectivity index (χ3v) is 4.57. The summed E-state index contributed by atoms with van der Waals surface area (Å²) in [6.07, 6.45) is 1.38. The van der Waals surface area contributed by atoms with Gasteiger partial charge in [-0.1, -0.05) is 19.1 Å². The van der Waals surface area contributed by atoms with Crippen LogP contribution in [0.15, 0.2) is 29.6 Å². The zero-order valence-corrected chi connectivity index (χ0v) is 14.4. The van der Waals surface area contributed by atoms with Gasteiger partial charge in [0.2, 0.25) is 0 Å². The van der Waals surface area contributed by atoms with Crippen molar-refractivity contribution in [3.05, 3.63) is 56.0 Å². The van der Waals surface area contributed by atoms with Crippen molar-refractivity contribution in [2.45, 2.75) is 32.7 Å². The van der Waals surface area contributed by atoms with Gasteiger partial charge in [0.15, 0.2) is 0 Å². The van der Waals surface area contributed by atoms with E-state index < -0.39 is 4.92 Å². The molecule has 2 rings (SSSR count). The number of aromatic nitrogens is 1. The van der Waals surface area contributed by atoms with Crippen molar-refractivity contribution in [3.8, 4) is 0 Å². The van der Waals surface area contributed by atoms with E-state index in [1.165, 1.54) is 23.5 Å². The molecule has 2 amide bonds. The summed E-state index contributed by atoms with van der Waals surface area (Å²) in [5, 5.41) is 19.2. The molecular formula is C16H20N4O3S. The molecule has 0 spiro atoms. The molecule has 128 valence electrons. The molecule has 0 aliphatic heterocycles. The van der Waals surface area contributed by atoms with E-state index in [2.05, 4.69) is 15.6 Å². The standard InChI is InChI=1S/C16H20N4O3S/c1-3-14(15-18-11(2)10-24-15)19-16(21)17-9-8-12-4-6-13(7-5-12)20(22)23/h4-7,10,14H,3,8-9H2,1-2H3,(H2,17,19,21)/t14-/m0/s1. The number of rotatable bonds is 7. The Balaban J connectivity index is 1.79. The lowest BCUT2D eigenvalue weighted by Crippen LogP contribution is -2.38. The van der Waals surface area contributed by atoms with E-state index in [1.54, 1.807) is 12.1 Å². The molecule has 0 aliphatic carbocycles. The Hall–Kier alpha value is -2.48. The number of nitro benzene ring substituents is 1. The Labute approximate surface area is 144 Å². The lowest BCUT2D eigenvalue weighted by molar-refractivity contribution is -0.384. The maximum Gasteiger partial charge on any atom is 0.315 e. The normalized spacial score (nSPS) is 11.8. The second kappa shape index (κ2) is 8.39. The number of aryl methyl sites for hydroxylation is 1. The number of carbonyl (C=O) groups is 1. The largest absolute Gasteiger partial charge is 0.338 e. The number of thiazole rings is 1. The van der Waals surface area contributed by atoms with Crippen LogP contribution in [0.5, 0.6) is 0 Å². The number of nitrogens with zero attached hydrogens (tertiary/aromatic N) is 2. The highest BCUT2D eigenvalue weighted by molar-refractivity contribution is 7.09. The van der Waals surface area contributed by atoms with Gasteiger partial charge >= 0.3 is 6.03 Å². The van der Waals surface area contributed by atoms with Gasteiger partial charge in [0, 0.05) is 29.8 Å². The van der Waals surface area contributed by atoms with E-state index >= 15 is 0 Å². The van der Waals surface area contributed by atoms with Crippen LogP contribution in [0.2, 0.25) is 0 Å². The molecule has 1 aromatic heterocycles. The minimum Gasteiger partial charge on any atom is -0.338 e. The van der Waals surface area contributed by atoms with E-state index in [9.17, 15) is 14.9 Å². The molecular weight excluding hydrogens is 328 g/mol. The number of carbonyl (C=O) groups excluding carboxylic acids is 1. The summed E-state index contributed by atoms with van der Waals surface area (Å²) in [5.41, 5.74) is 1.95. The maximum atomic E-state index is 12.0. The predicted molar refractivity (Wildman–Crippen MR) is 93.2 cm³/mol. The Morgan fingerprint density at radius 1 is 1.38 bits per heavy atom. The van der Waals surface area contributed by atoms with Gasteiger partial charge in [-0.15, -0.1) is 11.3 Å². The second-order valence-electron chi connectivity index (χ2n) is 5.36. The number of hydrogen-bond donors (Lipinski definition) is 2. The molecule has 1 aromatic carbocycles. The Bertz CT molecular complexity index is 700. The molecule has 24 heavy (non-hydrogen) atoms. The molecule has 2 aromatic rings. The molecule has 7 nitrogen and oxygen atoms in total. The summed E-state index contributed by atoms with van der Waals surface area (Å²) in [7, 11) is 0. The van der Waals surface area contributed by atoms with Crippen LogP contribution in [0.1, 0.15) is 35.7 Å². The molecule has 1 heterocycles. The van der Waals surface area contributed by atoms with Gasteiger partial charge in [-0.25, -0.2) is 9.78 Å². The minimum absolute atomic E-state index is 0.0639. The van der Waals surface area contributed by atoms with Crippen molar-refractivity contribution in [3.63, 3.8) is 0 Å². The van der Waals surface area contributed by atoms with Gasteiger partial charge in [0.05, 0.1) is 11.0 Å². The van der Waals surface area contributed by atoms with Gasteiger partial charge in [0.25, 0.3) is 5.69 Å². The van der Waals surface area contributed by atoms with E-state index in [1.807, 2.05) is 19.2 Å². The highest BCUT2D eigenvalue weighted by atomic mass is 32.1. The summed E-state index contributed by atoms with van der Waals surface area (Å²) in [5.74, 6) is 0. The quantitative estimate of drug-likeness (QED) is 0.592. The lowest BCUT2D eigenvalue weighted by Gasteiger charge is -2.15. The third-order valence-electron chi connectivity index (χ3n) is 3.49. The number of amides is 2. The van der Waals surface area contributed by atoms with Crippen molar-refractivity contribution in [1.82, 2.24) is 15.6 Å². The van der Waals surface area contributed by atoms with Crippen LogP contribution in [0.3, 0.4) is 0 Å². The molecule has 0 aliphatic rings. The fourth-order valence-corrected chi connectivity index (χ4v) is 3.12. The monoisotopic (exact) mass is 348 g/mol. The fourth-order valence-electron chi connectivity index (χ4n) is 2.18. The van der Waals surface area contributed by atoms with Crippen molar-refractivity contribution in [2.24, 2.45) is 0 Å². The molecule has 8 heteroatoms. The van der Waals surface area contributed by atoms with Crippen molar-refractivity contribution in [1.29, 1.82) is 0 Å². The highest BCUT2D eigenvalue weighted by Gasteiger charge is 2.15. The SMILES string of the molecule is CC[C@H](NC(=O)NCCc1ccc([N+](=O)[O-])cc1)c1nc(C)cs1. The van der Waals surface area contributed by atoms with Crippen LogP contribution in [0, 0.1) is 17.0 Å². The Morgan fingerprint density at radius 3 is 2.62 bits per heavy atom. The number of nitrogens with one attached hydrogen (secondary N) is 2. The minimum atomic E-state index is -0.430. The summed E-state index contributed by atoms with van der Waals surface area (Å²) < 4.78 is 0. The zero-order chi connectivity index (χ0) is 17.5. The first-order valence-electron chi connectivity index (χ1n) is 7.69. The topological polar surface area (TPSA) is 97.2 Å². The summed E-state index contributed by atoms with van der Waals surface area (Å²) >= 11 is 1.54. The van der Waals surface area contributed by atoms with Crippen LogP contribution >= 0.6 is 11.3 Å². The average Bonchev–Trinajstić information content (AvgIpc) is 2.99. The number of non-ortho nitro benzene ring substituents is 1.